The summed E-state index contributed by atoms with van der Waals surface area (Å²) in [5.74, 6) is 0.899. The van der Waals surface area contributed by atoms with E-state index in [-0.39, 0.29) is 0 Å². The molecule has 5 heteroatoms. The monoisotopic (exact) mass is 194 g/mol. The van der Waals surface area contributed by atoms with Gasteiger partial charge in [0, 0.05) is 30.4 Å². The van der Waals surface area contributed by atoms with Crippen LogP contribution in [-0.2, 0) is 13.6 Å². The molecule has 2 aromatic heterocycles. The summed E-state index contributed by atoms with van der Waals surface area (Å²) in [4.78, 5) is 5.21. The van der Waals surface area contributed by atoms with Crippen LogP contribution in [0.15, 0.2) is 24.0 Å². The molecule has 0 aliphatic rings. The van der Waals surface area contributed by atoms with E-state index in [2.05, 4.69) is 15.4 Å². The van der Waals surface area contributed by atoms with E-state index in [1.54, 1.807) is 16.0 Å². The Morgan fingerprint density at radius 3 is 3.15 bits per heavy atom. The molecule has 0 aliphatic carbocycles. The summed E-state index contributed by atoms with van der Waals surface area (Å²) in [5, 5.41) is 7.41. The fourth-order valence-corrected chi connectivity index (χ4v) is 1.55. The van der Waals surface area contributed by atoms with Crippen LogP contribution in [0.1, 0.15) is 4.88 Å². The minimum absolute atomic E-state index is 0.793. The normalized spacial score (nSPS) is 10.2. The number of anilines is 1. The van der Waals surface area contributed by atoms with Crippen molar-refractivity contribution in [2.75, 3.05) is 5.32 Å². The van der Waals surface area contributed by atoms with Crippen LogP contribution in [0.25, 0.3) is 0 Å². The molecule has 0 spiro atoms. The van der Waals surface area contributed by atoms with E-state index >= 15 is 0 Å². The van der Waals surface area contributed by atoms with Crippen LogP contribution in [0.3, 0.4) is 0 Å². The summed E-state index contributed by atoms with van der Waals surface area (Å²) in [6.45, 7) is 0.793. The molecule has 0 amide bonds. The van der Waals surface area contributed by atoms with Crippen molar-refractivity contribution in [3.8, 4) is 0 Å². The molecule has 2 rings (SSSR count). The predicted molar refractivity (Wildman–Crippen MR) is 52.6 cm³/mol. The van der Waals surface area contributed by atoms with E-state index in [0.29, 0.717) is 0 Å². The smallest absolute Gasteiger partial charge is 0.148 e. The van der Waals surface area contributed by atoms with E-state index < -0.39 is 0 Å². The van der Waals surface area contributed by atoms with Gasteiger partial charge in [0.15, 0.2) is 0 Å². The van der Waals surface area contributed by atoms with Crippen molar-refractivity contribution in [2.45, 2.75) is 6.54 Å². The van der Waals surface area contributed by atoms with Gasteiger partial charge in [0.05, 0.1) is 12.1 Å². The van der Waals surface area contributed by atoms with Crippen molar-refractivity contribution in [3.05, 3.63) is 28.8 Å². The van der Waals surface area contributed by atoms with Crippen molar-refractivity contribution >= 4 is 17.2 Å². The summed E-state index contributed by atoms with van der Waals surface area (Å²) in [5.41, 5.74) is 1.83. The van der Waals surface area contributed by atoms with E-state index in [1.165, 1.54) is 4.88 Å². The fourth-order valence-electron chi connectivity index (χ4n) is 1.02. The van der Waals surface area contributed by atoms with Crippen molar-refractivity contribution < 1.29 is 0 Å². The highest BCUT2D eigenvalue weighted by Crippen LogP contribution is 2.08. The Hall–Kier alpha value is -1.36. The molecular weight excluding hydrogens is 184 g/mol. The highest BCUT2D eigenvalue weighted by molar-refractivity contribution is 7.09. The van der Waals surface area contributed by atoms with Gasteiger partial charge in [-0.3, -0.25) is 9.67 Å². The van der Waals surface area contributed by atoms with E-state index in [1.807, 2.05) is 31.0 Å². The molecule has 2 heterocycles. The molecule has 0 saturated carbocycles. The van der Waals surface area contributed by atoms with Crippen LogP contribution in [0.5, 0.6) is 0 Å². The summed E-state index contributed by atoms with van der Waals surface area (Å²) < 4.78 is 1.77. The average Bonchev–Trinajstić information content (AvgIpc) is 2.71. The summed E-state index contributed by atoms with van der Waals surface area (Å²) in [6.07, 6.45) is 3.77. The molecule has 4 nitrogen and oxygen atoms in total. The highest BCUT2D eigenvalue weighted by atomic mass is 32.1. The molecular formula is C8H10N4S. The largest absolute Gasteiger partial charge is 0.364 e. The van der Waals surface area contributed by atoms with Crippen LogP contribution >= 0.6 is 11.3 Å². The van der Waals surface area contributed by atoms with Gasteiger partial charge in [-0.1, -0.05) is 0 Å². The van der Waals surface area contributed by atoms with E-state index in [0.717, 1.165) is 12.4 Å². The van der Waals surface area contributed by atoms with Gasteiger partial charge >= 0.3 is 0 Å². The summed E-state index contributed by atoms with van der Waals surface area (Å²) in [7, 11) is 1.90. The SMILES string of the molecule is Cn1ccc(NCc2cncs2)n1. The highest BCUT2D eigenvalue weighted by Gasteiger charge is 1.96. The lowest BCUT2D eigenvalue weighted by Crippen LogP contribution is -1.98. The van der Waals surface area contributed by atoms with Crippen molar-refractivity contribution in [1.82, 2.24) is 14.8 Å². The Labute approximate surface area is 80.2 Å². The molecule has 0 fully saturated rings. The van der Waals surface area contributed by atoms with Crippen molar-refractivity contribution in [3.63, 3.8) is 0 Å². The zero-order valence-corrected chi connectivity index (χ0v) is 8.08. The number of thiazole rings is 1. The lowest BCUT2D eigenvalue weighted by molar-refractivity contribution is 0.768. The Morgan fingerprint density at radius 1 is 1.62 bits per heavy atom. The van der Waals surface area contributed by atoms with Gasteiger partial charge in [0.25, 0.3) is 0 Å². The molecule has 0 bridgehead atoms. The molecule has 0 atom stereocenters. The number of nitrogens with one attached hydrogen (secondary N) is 1. The van der Waals surface area contributed by atoms with E-state index in [4.69, 9.17) is 0 Å². The minimum Gasteiger partial charge on any atom is -0.364 e. The molecule has 13 heavy (non-hydrogen) atoms. The van der Waals surface area contributed by atoms with Crippen molar-refractivity contribution in [2.24, 2.45) is 7.05 Å². The lowest BCUT2D eigenvalue weighted by Gasteiger charge is -1.98. The lowest BCUT2D eigenvalue weighted by atomic mass is 10.5. The van der Waals surface area contributed by atoms with Crippen LogP contribution in [0, 0.1) is 0 Å². The molecule has 0 radical (unpaired) electrons. The van der Waals surface area contributed by atoms with Crippen LogP contribution in [0.2, 0.25) is 0 Å². The molecule has 1 N–H and O–H groups in total. The first-order valence-electron chi connectivity index (χ1n) is 3.95. The van der Waals surface area contributed by atoms with Gasteiger partial charge < -0.3 is 5.32 Å². The zero-order valence-electron chi connectivity index (χ0n) is 7.27. The number of aromatic nitrogens is 3. The quantitative estimate of drug-likeness (QED) is 0.805. The van der Waals surface area contributed by atoms with Gasteiger partial charge in [-0.15, -0.1) is 11.3 Å². The predicted octanol–water partition coefficient (Wildman–Crippen LogP) is 1.49. The Bertz CT molecular complexity index is 365. The standard InChI is InChI=1S/C8H10N4S/c1-12-3-2-8(11-12)10-5-7-4-9-6-13-7/h2-4,6H,5H2,1H3,(H,10,11). The second-order valence-corrected chi connectivity index (χ2v) is 3.67. The number of hydrogen-bond donors (Lipinski definition) is 1. The summed E-state index contributed by atoms with van der Waals surface area (Å²) >= 11 is 1.64. The van der Waals surface area contributed by atoms with Crippen LogP contribution < -0.4 is 5.32 Å². The molecule has 0 unspecified atom stereocenters. The fraction of sp³-hybridized carbons (Fsp3) is 0.250. The second kappa shape index (κ2) is 3.57. The maximum Gasteiger partial charge on any atom is 0.148 e. The maximum atomic E-state index is 4.20. The number of hydrogen-bond acceptors (Lipinski definition) is 4. The number of nitrogens with zero attached hydrogens (tertiary/aromatic N) is 3. The third kappa shape index (κ3) is 2.06. The van der Waals surface area contributed by atoms with Gasteiger partial charge in [-0.2, -0.15) is 5.10 Å². The Kier molecular flexibility index (Phi) is 2.27. The van der Waals surface area contributed by atoms with Crippen LogP contribution in [-0.4, -0.2) is 14.8 Å². The molecule has 0 aliphatic heterocycles. The summed E-state index contributed by atoms with van der Waals surface area (Å²) in [6, 6.07) is 1.95. The van der Waals surface area contributed by atoms with Gasteiger partial charge in [0.1, 0.15) is 5.82 Å². The molecule has 2 aromatic rings. The first kappa shape index (κ1) is 8.25. The first-order chi connectivity index (χ1) is 6.34. The Balaban J connectivity index is 1.93. The van der Waals surface area contributed by atoms with Gasteiger partial charge in [-0.25, -0.2) is 0 Å². The number of aryl methyl sites for hydroxylation is 1. The van der Waals surface area contributed by atoms with Gasteiger partial charge in [-0.05, 0) is 0 Å². The molecule has 68 valence electrons. The topological polar surface area (TPSA) is 42.7 Å². The molecule has 0 aromatic carbocycles. The molecule has 0 saturated heterocycles. The Morgan fingerprint density at radius 2 is 2.54 bits per heavy atom. The third-order valence-corrected chi connectivity index (χ3v) is 2.42. The maximum absolute atomic E-state index is 4.20. The van der Waals surface area contributed by atoms with Gasteiger partial charge in [0.2, 0.25) is 0 Å². The second-order valence-electron chi connectivity index (χ2n) is 2.70. The average molecular weight is 194 g/mol. The third-order valence-electron chi connectivity index (χ3n) is 1.64. The number of rotatable bonds is 3. The zero-order chi connectivity index (χ0) is 9.10. The minimum atomic E-state index is 0.793. The van der Waals surface area contributed by atoms with Crippen LogP contribution in [0.4, 0.5) is 5.82 Å². The van der Waals surface area contributed by atoms with E-state index in [9.17, 15) is 0 Å². The first-order valence-corrected chi connectivity index (χ1v) is 4.83. The van der Waals surface area contributed by atoms with Crippen molar-refractivity contribution in [1.29, 1.82) is 0 Å².